The largest absolute Gasteiger partial charge is 0.242 e. The quantitative estimate of drug-likeness (QED) is 0.829. The van der Waals surface area contributed by atoms with Gasteiger partial charge in [-0.2, -0.15) is 0 Å². The number of hydrogen-bond acceptors (Lipinski definition) is 4. The van der Waals surface area contributed by atoms with E-state index >= 15 is 0 Å². The van der Waals surface area contributed by atoms with Crippen molar-refractivity contribution in [3.8, 4) is 0 Å². The van der Waals surface area contributed by atoms with Gasteiger partial charge in [-0.1, -0.05) is 26.0 Å². The van der Waals surface area contributed by atoms with Crippen LogP contribution in [0.4, 0.5) is 0 Å². The van der Waals surface area contributed by atoms with Crippen LogP contribution in [0.15, 0.2) is 34.1 Å². The van der Waals surface area contributed by atoms with E-state index in [-0.39, 0.29) is 15.8 Å². The summed E-state index contributed by atoms with van der Waals surface area (Å²) in [7, 11) is -7.45. The second-order valence-corrected chi connectivity index (χ2v) is 9.38. The maximum Gasteiger partial charge on any atom is 0.242 e. The molecule has 0 bridgehead atoms. The van der Waals surface area contributed by atoms with Gasteiger partial charge in [0.1, 0.15) is 4.90 Å². The number of benzene rings is 1. The lowest BCUT2D eigenvalue weighted by Gasteiger charge is -2.16. The van der Waals surface area contributed by atoms with Crippen LogP contribution in [0.25, 0.3) is 0 Å². The number of hydrogen-bond donors (Lipinski definition) is 1. The molecule has 0 saturated carbocycles. The fourth-order valence-corrected chi connectivity index (χ4v) is 4.86. The topological polar surface area (TPSA) is 80.3 Å². The first kappa shape index (κ1) is 18.1. The van der Waals surface area contributed by atoms with Gasteiger partial charge in [-0.15, -0.1) is 0 Å². The average Bonchev–Trinajstić information content (AvgIpc) is 2.35. The molecule has 1 N–H and O–H groups in total. The van der Waals surface area contributed by atoms with Crippen LogP contribution in [0.1, 0.15) is 33.6 Å². The molecule has 0 amide bonds. The lowest BCUT2D eigenvalue weighted by Crippen LogP contribution is -2.33. The van der Waals surface area contributed by atoms with Gasteiger partial charge in [-0.05, 0) is 37.8 Å². The molecular weight excluding hydrogens is 310 g/mol. The zero-order valence-electron chi connectivity index (χ0n) is 12.8. The lowest BCUT2D eigenvalue weighted by molar-refractivity contribution is 0.484. The van der Waals surface area contributed by atoms with Crippen molar-refractivity contribution in [2.24, 2.45) is 5.92 Å². The third-order valence-electron chi connectivity index (χ3n) is 3.07. The summed E-state index contributed by atoms with van der Waals surface area (Å²) in [6, 6.07) is 5.40. The maximum atomic E-state index is 12.4. The molecule has 120 valence electrons. The zero-order valence-corrected chi connectivity index (χ0v) is 14.5. The van der Waals surface area contributed by atoms with E-state index in [9.17, 15) is 16.8 Å². The van der Waals surface area contributed by atoms with Crippen LogP contribution in [0, 0.1) is 5.92 Å². The molecule has 1 rings (SSSR count). The van der Waals surface area contributed by atoms with E-state index in [1.54, 1.807) is 6.92 Å². The molecule has 1 aromatic carbocycles. The van der Waals surface area contributed by atoms with E-state index < -0.39 is 19.9 Å². The molecule has 0 fully saturated rings. The smallest absolute Gasteiger partial charge is 0.224 e. The molecule has 1 unspecified atom stereocenters. The third-order valence-corrected chi connectivity index (χ3v) is 6.00. The maximum absolute atomic E-state index is 12.4. The van der Waals surface area contributed by atoms with Crippen LogP contribution in [0.5, 0.6) is 0 Å². The van der Waals surface area contributed by atoms with Gasteiger partial charge in [0.2, 0.25) is 10.0 Å². The highest BCUT2D eigenvalue weighted by Gasteiger charge is 2.24. The molecule has 21 heavy (non-hydrogen) atoms. The van der Waals surface area contributed by atoms with Gasteiger partial charge in [0.15, 0.2) is 9.84 Å². The Morgan fingerprint density at radius 1 is 0.952 bits per heavy atom. The molecule has 0 spiro atoms. The predicted molar refractivity (Wildman–Crippen MR) is 83.4 cm³/mol. The summed E-state index contributed by atoms with van der Waals surface area (Å²) >= 11 is 0. The Balaban J connectivity index is 3.05. The van der Waals surface area contributed by atoms with Crippen molar-refractivity contribution >= 4 is 19.9 Å². The monoisotopic (exact) mass is 333 g/mol. The van der Waals surface area contributed by atoms with Crippen molar-refractivity contribution in [1.29, 1.82) is 0 Å². The predicted octanol–water partition coefficient (Wildman–Crippen LogP) is 2.19. The van der Waals surface area contributed by atoms with Gasteiger partial charge in [0.25, 0.3) is 0 Å². The third kappa shape index (κ3) is 5.41. The molecule has 5 nitrogen and oxygen atoms in total. The Labute approximate surface area is 127 Å². The Morgan fingerprint density at radius 2 is 1.48 bits per heavy atom. The van der Waals surface area contributed by atoms with Crippen molar-refractivity contribution in [2.75, 3.05) is 6.26 Å². The van der Waals surface area contributed by atoms with Crippen LogP contribution < -0.4 is 4.72 Å². The highest BCUT2D eigenvalue weighted by atomic mass is 32.2. The van der Waals surface area contributed by atoms with E-state index in [1.165, 1.54) is 24.3 Å². The highest BCUT2D eigenvalue weighted by molar-refractivity contribution is 7.93. The van der Waals surface area contributed by atoms with E-state index in [2.05, 4.69) is 18.6 Å². The minimum absolute atomic E-state index is 0.173. The fourth-order valence-electron chi connectivity index (χ4n) is 1.95. The first-order valence-electron chi connectivity index (χ1n) is 6.85. The van der Waals surface area contributed by atoms with Crippen LogP contribution in [0.3, 0.4) is 0 Å². The summed E-state index contributed by atoms with van der Waals surface area (Å²) in [6.45, 7) is 5.92. The average molecular weight is 333 g/mol. The summed E-state index contributed by atoms with van der Waals surface area (Å²) in [6.07, 6.45) is 2.61. The Kier molecular flexibility index (Phi) is 5.95. The molecular formula is C14H23NO4S2. The van der Waals surface area contributed by atoms with Crippen LogP contribution in [0.2, 0.25) is 0 Å². The molecule has 1 atom stereocenters. The summed E-state index contributed by atoms with van der Waals surface area (Å²) in [5.74, 6) is 0.486. The van der Waals surface area contributed by atoms with Gasteiger partial charge >= 0.3 is 0 Å². The molecule has 0 saturated heterocycles. The van der Waals surface area contributed by atoms with Crippen LogP contribution in [-0.4, -0.2) is 29.1 Å². The zero-order chi connectivity index (χ0) is 16.3. The van der Waals surface area contributed by atoms with Gasteiger partial charge in [-0.25, -0.2) is 21.6 Å². The molecule has 0 aliphatic heterocycles. The SMILES string of the molecule is CC(C)CCC(C)NS(=O)(=O)c1ccccc1S(C)(=O)=O. The lowest BCUT2D eigenvalue weighted by atomic mass is 10.1. The minimum atomic E-state index is -3.85. The van der Waals surface area contributed by atoms with E-state index in [0.29, 0.717) is 12.3 Å². The van der Waals surface area contributed by atoms with Crippen molar-refractivity contribution in [3.63, 3.8) is 0 Å². The van der Waals surface area contributed by atoms with Gasteiger partial charge in [0.05, 0.1) is 4.90 Å². The first-order chi connectivity index (χ1) is 9.54. The molecule has 0 radical (unpaired) electrons. The fraction of sp³-hybridized carbons (Fsp3) is 0.571. The molecule has 0 aromatic heterocycles. The summed E-state index contributed by atoms with van der Waals surface area (Å²) in [4.78, 5) is -0.363. The van der Waals surface area contributed by atoms with Gasteiger partial charge in [-0.3, -0.25) is 0 Å². The van der Waals surface area contributed by atoms with Gasteiger partial charge in [0, 0.05) is 12.3 Å². The Hall–Kier alpha value is -0.920. The molecule has 7 heteroatoms. The summed E-state index contributed by atoms with van der Waals surface area (Å²) in [5.41, 5.74) is 0. The number of nitrogens with one attached hydrogen (secondary N) is 1. The number of rotatable bonds is 7. The molecule has 0 aliphatic carbocycles. The molecule has 1 aromatic rings. The Morgan fingerprint density at radius 3 is 1.95 bits per heavy atom. The van der Waals surface area contributed by atoms with Crippen molar-refractivity contribution in [1.82, 2.24) is 4.72 Å². The number of sulfone groups is 1. The van der Waals surface area contributed by atoms with E-state index in [1.807, 2.05) is 0 Å². The normalized spacial score (nSPS) is 14.3. The molecule has 0 heterocycles. The van der Waals surface area contributed by atoms with Crippen LogP contribution in [-0.2, 0) is 19.9 Å². The van der Waals surface area contributed by atoms with Gasteiger partial charge < -0.3 is 0 Å². The van der Waals surface area contributed by atoms with Crippen LogP contribution >= 0.6 is 0 Å². The summed E-state index contributed by atoms with van der Waals surface area (Å²) < 4.78 is 50.7. The molecule has 0 aliphatic rings. The van der Waals surface area contributed by atoms with Crippen molar-refractivity contribution in [3.05, 3.63) is 24.3 Å². The standard InChI is InChI=1S/C14H23NO4S2/c1-11(2)9-10-12(3)15-21(18,19)14-8-6-5-7-13(14)20(4,16)17/h5-8,11-12,15H,9-10H2,1-4H3. The minimum Gasteiger partial charge on any atom is -0.224 e. The van der Waals surface area contributed by atoms with Crippen molar-refractivity contribution in [2.45, 2.75) is 49.4 Å². The van der Waals surface area contributed by atoms with E-state index in [4.69, 9.17) is 0 Å². The first-order valence-corrected chi connectivity index (χ1v) is 10.2. The second kappa shape index (κ2) is 6.89. The number of sulfonamides is 1. The second-order valence-electron chi connectivity index (χ2n) is 5.71. The highest BCUT2D eigenvalue weighted by Crippen LogP contribution is 2.21. The van der Waals surface area contributed by atoms with E-state index in [0.717, 1.165) is 12.7 Å². The van der Waals surface area contributed by atoms with Crippen molar-refractivity contribution < 1.29 is 16.8 Å². The Bertz CT molecular complexity index is 679. The summed E-state index contributed by atoms with van der Waals surface area (Å²) in [5, 5.41) is 0.